The number of rotatable bonds is 3. The fraction of sp³-hybridized carbons (Fsp3) is 0.538. The fourth-order valence-electron chi connectivity index (χ4n) is 2.46. The van der Waals surface area contributed by atoms with Crippen LogP contribution in [0.4, 0.5) is 4.39 Å². The molecule has 4 nitrogen and oxygen atoms in total. The standard InChI is InChI=1S/C13H18ClFN2O2S/c1-9-4-5-17(8-10(9)7-16)20(18,19)13-3-2-11(14)6-12(13)15/h2-3,6,9-10H,4-5,7-8,16H2,1H3. The van der Waals surface area contributed by atoms with Crippen molar-refractivity contribution in [2.24, 2.45) is 17.6 Å². The minimum atomic E-state index is -3.83. The Morgan fingerprint density at radius 2 is 2.20 bits per heavy atom. The molecule has 2 rings (SSSR count). The van der Waals surface area contributed by atoms with Gasteiger partial charge in [-0.2, -0.15) is 4.31 Å². The van der Waals surface area contributed by atoms with Crippen molar-refractivity contribution < 1.29 is 12.8 Å². The van der Waals surface area contributed by atoms with Crippen molar-refractivity contribution in [3.63, 3.8) is 0 Å². The summed E-state index contributed by atoms with van der Waals surface area (Å²) in [5, 5.41) is 0.175. The van der Waals surface area contributed by atoms with Gasteiger partial charge < -0.3 is 5.73 Å². The van der Waals surface area contributed by atoms with Gasteiger partial charge in [-0.3, -0.25) is 0 Å². The van der Waals surface area contributed by atoms with Crippen molar-refractivity contribution in [2.45, 2.75) is 18.2 Å². The average Bonchev–Trinajstić information content (AvgIpc) is 2.38. The Morgan fingerprint density at radius 3 is 2.80 bits per heavy atom. The van der Waals surface area contributed by atoms with Crippen LogP contribution in [0.2, 0.25) is 5.02 Å². The maximum atomic E-state index is 13.8. The predicted octanol–water partition coefficient (Wildman–Crippen LogP) is 2.08. The highest BCUT2D eigenvalue weighted by Crippen LogP contribution is 2.29. The molecule has 112 valence electrons. The van der Waals surface area contributed by atoms with Crippen LogP contribution in [0.1, 0.15) is 13.3 Å². The summed E-state index contributed by atoms with van der Waals surface area (Å²) >= 11 is 5.65. The third-order valence-electron chi connectivity index (χ3n) is 3.89. The molecule has 2 N–H and O–H groups in total. The lowest BCUT2D eigenvalue weighted by molar-refractivity contribution is 0.203. The molecule has 0 aromatic heterocycles. The molecule has 20 heavy (non-hydrogen) atoms. The second kappa shape index (κ2) is 5.97. The smallest absolute Gasteiger partial charge is 0.245 e. The lowest BCUT2D eigenvalue weighted by Crippen LogP contribution is -2.45. The van der Waals surface area contributed by atoms with Crippen molar-refractivity contribution in [3.8, 4) is 0 Å². The summed E-state index contributed by atoms with van der Waals surface area (Å²) in [7, 11) is -3.83. The fourth-order valence-corrected chi connectivity index (χ4v) is 4.18. The van der Waals surface area contributed by atoms with Gasteiger partial charge in [-0.15, -0.1) is 0 Å². The van der Waals surface area contributed by atoms with E-state index in [1.54, 1.807) is 0 Å². The largest absolute Gasteiger partial charge is 0.330 e. The van der Waals surface area contributed by atoms with Gasteiger partial charge in [0.25, 0.3) is 0 Å². The topological polar surface area (TPSA) is 63.4 Å². The molecule has 1 aromatic rings. The average molecular weight is 321 g/mol. The summed E-state index contributed by atoms with van der Waals surface area (Å²) in [5.74, 6) is -0.337. The number of nitrogens with two attached hydrogens (primary N) is 1. The molecule has 1 fully saturated rings. The van der Waals surface area contributed by atoms with Gasteiger partial charge in [-0.1, -0.05) is 18.5 Å². The van der Waals surface area contributed by atoms with Crippen LogP contribution in [0.3, 0.4) is 0 Å². The Hall–Kier alpha value is -0.690. The van der Waals surface area contributed by atoms with E-state index in [0.29, 0.717) is 25.6 Å². The minimum Gasteiger partial charge on any atom is -0.330 e. The van der Waals surface area contributed by atoms with E-state index >= 15 is 0 Å². The van der Waals surface area contributed by atoms with E-state index in [9.17, 15) is 12.8 Å². The molecule has 0 amide bonds. The zero-order valence-electron chi connectivity index (χ0n) is 11.2. The maximum absolute atomic E-state index is 13.8. The third kappa shape index (κ3) is 2.98. The number of halogens is 2. The molecule has 1 saturated heterocycles. The molecule has 1 aromatic carbocycles. The first-order valence-corrected chi connectivity index (χ1v) is 8.33. The molecular formula is C13H18ClFN2O2S. The first kappa shape index (κ1) is 15.7. The normalized spacial score (nSPS) is 24.8. The Morgan fingerprint density at radius 1 is 1.50 bits per heavy atom. The van der Waals surface area contributed by atoms with Crippen molar-refractivity contribution >= 4 is 21.6 Å². The Labute approximate surface area is 123 Å². The number of benzene rings is 1. The molecular weight excluding hydrogens is 303 g/mol. The van der Waals surface area contributed by atoms with Crippen molar-refractivity contribution in [3.05, 3.63) is 29.0 Å². The number of sulfonamides is 1. The van der Waals surface area contributed by atoms with Crippen LogP contribution in [-0.4, -0.2) is 32.4 Å². The molecule has 1 aliphatic rings. The summed E-state index contributed by atoms with van der Waals surface area (Å²) in [6.45, 7) is 3.21. The third-order valence-corrected chi connectivity index (χ3v) is 6.02. The van der Waals surface area contributed by atoms with Crippen molar-refractivity contribution in [1.82, 2.24) is 4.31 Å². The molecule has 2 unspecified atom stereocenters. The predicted molar refractivity (Wildman–Crippen MR) is 76.5 cm³/mol. The van der Waals surface area contributed by atoms with E-state index < -0.39 is 15.8 Å². The Bertz CT molecular complexity index is 594. The van der Waals surface area contributed by atoms with Gasteiger partial charge in [-0.25, -0.2) is 12.8 Å². The quantitative estimate of drug-likeness (QED) is 0.927. The number of hydrogen-bond donors (Lipinski definition) is 1. The molecule has 1 aliphatic heterocycles. The van der Waals surface area contributed by atoms with Crippen molar-refractivity contribution in [2.75, 3.05) is 19.6 Å². The van der Waals surface area contributed by atoms with E-state index in [1.807, 2.05) is 0 Å². The number of hydrogen-bond acceptors (Lipinski definition) is 3. The molecule has 7 heteroatoms. The maximum Gasteiger partial charge on any atom is 0.245 e. The summed E-state index contributed by atoms with van der Waals surface area (Å²) < 4.78 is 40.1. The second-order valence-corrected chi connectivity index (χ2v) is 7.54. The Kier molecular flexibility index (Phi) is 4.69. The van der Waals surface area contributed by atoms with Crippen LogP contribution in [-0.2, 0) is 10.0 Å². The number of nitrogens with zero attached hydrogens (tertiary/aromatic N) is 1. The van der Waals surface area contributed by atoms with Crippen LogP contribution in [0, 0.1) is 17.7 Å². The molecule has 0 aliphatic carbocycles. The summed E-state index contributed by atoms with van der Waals surface area (Å²) in [4.78, 5) is -0.327. The minimum absolute atomic E-state index is 0.105. The molecule has 2 atom stereocenters. The second-order valence-electron chi connectivity index (χ2n) is 5.20. The molecule has 1 heterocycles. The highest BCUT2D eigenvalue weighted by atomic mass is 35.5. The van der Waals surface area contributed by atoms with Gasteiger partial charge in [0.1, 0.15) is 10.7 Å². The van der Waals surface area contributed by atoms with Gasteiger partial charge in [0.05, 0.1) is 0 Å². The van der Waals surface area contributed by atoms with E-state index in [2.05, 4.69) is 6.92 Å². The van der Waals surface area contributed by atoms with Crippen molar-refractivity contribution in [1.29, 1.82) is 0 Å². The SMILES string of the molecule is CC1CCN(S(=O)(=O)c2ccc(Cl)cc2F)CC1CN. The van der Waals surface area contributed by atoms with Gasteiger partial charge in [0.2, 0.25) is 10.0 Å². The lowest BCUT2D eigenvalue weighted by Gasteiger charge is -2.35. The van der Waals surface area contributed by atoms with Crippen LogP contribution in [0.25, 0.3) is 0 Å². The summed E-state index contributed by atoms with van der Waals surface area (Å²) in [5.41, 5.74) is 5.67. The van der Waals surface area contributed by atoms with Crippen LogP contribution < -0.4 is 5.73 Å². The zero-order chi connectivity index (χ0) is 14.9. The first-order valence-electron chi connectivity index (χ1n) is 6.51. The van der Waals surface area contributed by atoms with E-state index in [1.165, 1.54) is 16.4 Å². The highest BCUT2D eigenvalue weighted by Gasteiger charge is 2.34. The molecule has 0 radical (unpaired) electrons. The zero-order valence-corrected chi connectivity index (χ0v) is 12.8. The van der Waals surface area contributed by atoms with Crippen LogP contribution in [0.5, 0.6) is 0 Å². The first-order chi connectivity index (χ1) is 9.36. The lowest BCUT2D eigenvalue weighted by atomic mass is 9.88. The van der Waals surface area contributed by atoms with Gasteiger partial charge in [-0.05, 0) is 43.0 Å². The van der Waals surface area contributed by atoms with Crippen LogP contribution >= 0.6 is 11.6 Å². The molecule has 0 spiro atoms. The van der Waals surface area contributed by atoms with Gasteiger partial charge >= 0.3 is 0 Å². The number of piperidine rings is 1. The van der Waals surface area contributed by atoms with E-state index in [-0.39, 0.29) is 15.8 Å². The molecule has 0 bridgehead atoms. The summed E-state index contributed by atoms with van der Waals surface area (Å²) in [6.07, 6.45) is 0.732. The molecule has 0 saturated carbocycles. The Balaban J connectivity index is 2.31. The van der Waals surface area contributed by atoms with Crippen LogP contribution in [0.15, 0.2) is 23.1 Å². The van der Waals surface area contributed by atoms with E-state index in [4.69, 9.17) is 17.3 Å². The summed E-state index contributed by atoms with van der Waals surface area (Å²) in [6, 6.07) is 3.61. The highest BCUT2D eigenvalue weighted by molar-refractivity contribution is 7.89. The van der Waals surface area contributed by atoms with Gasteiger partial charge in [0, 0.05) is 18.1 Å². The monoisotopic (exact) mass is 320 g/mol. The van der Waals surface area contributed by atoms with Gasteiger partial charge in [0.15, 0.2) is 0 Å². The van der Waals surface area contributed by atoms with E-state index in [0.717, 1.165) is 12.5 Å².